The summed E-state index contributed by atoms with van der Waals surface area (Å²) >= 11 is 1.74. The van der Waals surface area contributed by atoms with Gasteiger partial charge in [-0.3, -0.25) is 0 Å². The van der Waals surface area contributed by atoms with Gasteiger partial charge in [-0.2, -0.15) is 0 Å². The Morgan fingerprint density at radius 3 is 2.14 bits per heavy atom. The number of thiophene rings is 1. The van der Waals surface area contributed by atoms with E-state index in [1.807, 2.05) is 19.2 Å². The van der Waals surface area contributed by atoms with Crippen LogP contribution in [-0.4, -0.2) is 28.4 Å². The smallest absolute Gasteiger partial charge is 0.203 e. The minimum absolute atomic E-state index is 0.0472. The fourth-order valence-electron chi connectivity index (χ4n) is 2.52. The highest BCUT2D eigenvalue weighted by Crippen LogP contribution is 2.44. The van der Waals surface area contributed by atoms with Crippen molar-refractivity contribution in [3.8, 4) is 17.2 Å². The van der Waals surface area contributed by atoms with Gasteiger partial charge in [-0.05, 0) is 43.1 Å². The summed E-state index contributed by atoms with van der Waals surface area (Å²) in [5, 5.41) is 5.45. The van der Waals surface area contributed by atoms with Gasteiger partial charge in [-0.25, -0.2) is 0 Å². The second-order valence-electron chi connectivity index (χ2n) is 4.58. The highest BCUT2D eigenvalue weighted by atomic mass is 32.1. The first-order valence-corrected chi connectivity index (χ1v) is 7.56. The molecule has 0 saturated carbocycles. The summed E-state index contributed by atoms with van der Waals surface area (Å²) in [5.74, 6) is 1.97. The fourth-order valence-corrected chi connectivity index (χ4v) is 3.27. The van der Waals surface area contributed by atoms with E-state index in [9.17, 15) is 0 Å². The molecule has 0 bridgehead atoms. The van der Waals surface area contributed by atoms with Gasteiger partial charge in [0.05, 0.1) is 27.4 Å². The maximum atomic E-state index is 5.59. The van der Waals surface area contributed by atoms with E-state index in [1.165, 1.54) is 10.4 Å². The van der Waals surface area contributed by atoms with Crippen molar-refractivity contribution in [2.75, 3.05) is 28.4 Å². The molecule has 0 fully saturated rings. The van der Waals surface area contributed by atoms with Gasteiger partial charge >= 0.3 is 0 Å². The third-order valence-electron chi connectivity index (χ3n) is 3.54. The first-order chi connectivity index (χ1) is 10.2. The van der Waals surface area contributed by atoms with Crippen molar-refractivity contribution >= 4 is 11.3 Å². The van der Waals surface area contributed by atoms with E-state index in [2.05, 4.69) is 23.7 Å². The standard InChI is InChI=1S/C16H21NO3S/c1-10-11(8-9-21-10)14(17-2)12-6-7-13(18-3)16(20-5)15(12)19-4/h6-9,14,17H,1-5H3. The number of hydrogen-bond donors (Lipinski definition) is 1. The Balaban J connectivity index is 2.59. The lowest BCUT2D eigenvalue weighted by Crippen LogP contribution is -2.19. The second-order valence-corrected chi connectivity index (χ2v) is 5.70. The van der Waals surface area contributed by atoms with Crippen molar-refractivity contribution in [1.29, 1.82) is 0 Å². The third kappa shape index (κ3) is 2.84. The summed E-state index contributed by atoms with van der Waals surface area (Å²) in [6.07, 6.45) is 0. The molecule has 2 rings (SSSR count). The van der Waals surface area contributed by atoms with Gasteiger partial charge in [0.2, 0.25) is 5.75 Å². The SMILES string of the molecule is CNC(c1ccsc1C)c1ccc(OC)c(OC)c1OC. The summed E-state index contributed by atoms with van der Waals surface area (Å²) in [5.41, 5.74) is 2.27. The lowest BCUT2D eigenvalue weighted by Gasteiger charge is -2.22. The van der Waals surface area contributed by atoms with E-state index in [4.69, 9.17) is 14.2 Å². The number of nitrogens with one attached hydrogen (secondary N) is 1. The third-order valence-corrected chi connectivity index (χ3v) is 4.41. The Labute approximate surface area is 129 Å². The fraction of sp³-hybridized carbons (Fsp3) is 0.375. The number of aryl methyl sites for hydroxylation is 1. The number of methoxy groups -OCH3 is 3. The van der Waals surface area contributed by atoms with Crippen LogP contribution >= 0.6 is 11.3 Å². The predicted octanol–water partition coefficient (Wildman–Crippen LogP) is 3.39. The van der Waals surface area contributed by atoms with Crippen molar-refractivity contribution in [3.05, 3.63) is 39.6 Å². The molecular weight excluding hydrogens is 286 g/mol. The molecule has 21 heavy (non-hydrogen) atoms. The monoisotopic (exact) mass is 307 g/mol. The molecule has 1 N–H and O–H groups in total. The van der Waals surface area contributed by atoms with Crippen molar-refractivity contribution in [1.82, 2.24) is 5.32 Å². The van der Waals surface area contributed by atoms with Crippen LogP contribution in [0.5, 0.6) is 17.2 Å². The molecule has 0 aliphatic carbocycles. The lowest BCUT2D eigenvalue weighted by atomic mass is 9.98. The van der Waals surface area contributed by atoms with Gasteiger partial charge < -0.3 is 19.5 Å². The van der Waals surface area contributed by atoms with Gasteiger partial charge in [-0.1, -0.05) is 0 Å². The van der Waals surface area contributed by atoms with Gasteiger partial charge in [0.1, 0.15) is 0 Å². The molecule has 0 saturated heterocycles. The quantitative estimate of drug-likeness (QED) is 0.888. The molecule has 1 atom stereocenters. The second kappa shape index (κ2) is 6.83. The molecular formula is C16H21NO3S. The molecule has 4 nitrogen and oxygen atoms in total. The maximum absolute atomic E-state index is 5.59. The van der Waals surface area contributed by atoms with Gasteiger partial charge in [0.25, 0.3) is 0 Å². The number of hydrogen-bond acceptors (Lipinski definition) is 5. The molecule has 5 heteroatoms. The Bertz CT molecular complexity index is 610. The van der Waals surface area contributed by atoms with Crippen molar-refractivity contribution in [2.24, 2.45) is 0 Å². The summed E-state index contributed by atoms with van der Waals surface area (Å²) in [7, 11) is 6.83. The Kier molecular flexibility index (Phi) is 5.09. The predicted molar refractivity (Wildman–Crippen MR) is 86.1 cm³/mol. The minimum Gasteiger partial charge on any atom is -0.493 e. The molecule has 0 amide bonds. The molecule has 1 aromatic carbocycles. The minimum atomic E-state index is 0.0472. The Morgan fingerprint density at radius 1 is 0.952 bits per heavy atom. The first-order valence-electron chi connectivity index (χ1n) is 6.68. The molecule has 1 heterocycles. The molecule has 114 valence electrons. The average molecular weight is 307 g/mol. The van der Waals surface area contributed by atoms with E-state index < -0.39 is 0 Å². The molecule has 2 aromatic rings. The van der Waals surface area contributed by atoms with Crippen LogP contribution in [0.15, 0.2) is 23.6 Å². The normalized spacial score (nSPS) is 12.0. The Morgan fingerprint density at radius 2 is 1.67 bits per heavy atom. The van der Waals surface area contributed by atoms with Crippen molar-refractivity contribution in [3.63, 3.8) is 0 Å². The van der Waals surface area contributed by atoms with Crippen molar-refractivity contribution in [2.45, 2.75) is 13.0 Å². The average Bonchev–Trinajstić information content (AvgIpc) is 2.93. The zero-order valence-corrected chi connectivity index (χ0v) is 13.8. The summed E-state index contributed by atoms with van der Waals surface area (Å²) in [6.45, 7) is 2.12. The molecule has 0 aliphatic rings. The van der Waals surface area contributed by atoms with Crippen LogP contribution in [0.4, 0.5) is 0 Å². The van der Waals surface area contributed by atoms with E-state index in [1.54, 1.807) is 32.7 Å². The molecule has 0 aliphatic heterocycles. The number of rotatable bonds is 6. The number of ether oxygens (including phenoxy) is 3. The zero-order valence-electron chi connectivity index (χ0n) is 13.0. The first kappa shape index (κ1) is 15.7. The van der Waals surface area contributed by atoms with Crippen LogP contribution in [0.25, 0.3) is 0 Å². The highest BCUT2D eigenvalue weighted by Gasteiger charge is 2.23. The summed E-state index contributed by atoms with van der Waals surface area (Å²) < 4.78 is 16.4. The van der Waals surface area contributed by atoms with Crippen LogP contribution in [0, 0.1) is 6.92 Å². The van der Waals surface area contributed by atoms with Crippen LogP contribution in [0.3, 0.4) is 0 Å². The van der Waals surface area contributed by atoms with Gasteiger partial charge in [0.15, 0.2) is 11.5 Å². The topological polar surface area (TPSA) is 39.7 Å². The van der Waals surface area contributed by atoms with Gasteiger partial charge in [-0.15, -0.1) is 11.3 Å². The van der Waals surface area contributed by atoms with Crippen LogP contribution in [0.2, 0.25) is 0 Å². The zero-order chi connectivity index (χ0) is 15.4. The Hall–Kier alpha value is -1.72. The van der Waals surface area contributed by atoms with E-state index in [-0.39, 0.29) is 6.04 Å². The summed E-state index contributed by atoms with van der Waals surface area (Å²) in [4.78, 5) is 1.28. The van der Waals surface area contributed by atoms with E-state index in [0.29, 0.717) is 17.2 Å². The lowest BCUT2D eigenvalue weighted by molar-refractivity contribution is 0.320. The van der Waals surface area contributed by atoms with Crippen LogP contribution in [0.1, 0.15) is 22.0 Å². The molecule has 1 aromatic heterocycles. The van der Waals surface area contributed by atoms with Crippen molar-refractivity contribution < 1.29 is 14.2 Å². The largest absolute Gasteiger partial charge is 0.493 e. The maximum Gasteiger partial charge on any atom is 0.203 e. The molecule has 0 spiro atoms. The molecule has 1 unspecified atom stereocenters. The molecule has 0 radical (unpaired) electrons. The van der Waals surface area contributed by atoms with E-state index in [0.717, 1.165) is 5.56 Å². The van der Waals surface area contributed by atoms with Crippen LogP contribution in [-0.2, 0) is 0 Å². The van der Waals surface area contributed by atoms with Gasteiger partial charge in [0, 0.05) is 10.4 Å². The summed E-state index contributed by atoms with van der Waals surface area (Å²) in [6, 6.07) is 6.10. The number of benzene rings is 1. The van der Waals surface area contributed by atoms with Crippen LogP contribution < -0.4 is 19.5 Å². The highest BCUT2D eigenvalue weighted by molar-refractivity contribution is 7.10. The van der Waals surface area contributed by atoms with E-state index >= 15 is 0 Å².